The smallest absolute Gasteiger partial charge is 0.220 e. The van der Waals surface area contributed by atoms with E-state index in [1.807, 2.05) is 0 Å². The highest BCUT2D eigenvalue weighted by Gasteiger charge is 2.34. The van der Waals surface area contributed by atoms with Crippen molar-refractivity contribution in [3.63, 3.8) is 0 Å². The number of nitrogens with one attached hydrogen (secondary N) is 1. The summed E-state index contributed by atoms with van der Waals surface area (Å²) in [7, 11) is 0. The molecule has 0 bridgehead atoms. The van der Waals surface area contributed by atoms with Gasteiger partial charge in [-0.1, -0.05) is 34.6 Å². The monoisotopic (exact) mass is 333 g/mol. The Morgan fingerprint density at radius 2 is 1.35 bits per heavy atom. The molecule has 0 radical (unpaired) electrons. The maximum atomic E-state index is 11.9. The number of aliphatic hydroxyl groups is 1. The van der Waals surface area contributed by atoms with Crippen LogP contribution < -0.4 is 5.32 Å². The van der Waals surface area contributed by atoms with E-state index in [1.54, 1.807) is 0 Å². The Morgan fingerprint density at radius 1 is 0.870 bits per heavy atom. The van der Waals surface area contributed by atoms with Crippen LogP contribution in [0.15, 0.2) is 0 Å². The molecular formula is C17H35NO5. The summed E-state index contributed by atoms with van der Waals surface area (Å²) >= 11 is 0. The van der Waals surface area contributed by atoms with Gasteiger partial charge in [-0.3, -0.25) is 4.79 Å². The number of ether oxygens (including phenoxy) is 3. The van der Waals surface area contributed by atoms with E-state index in [2.05, 4.69) is 39.9 Å². The van der Waals surface area contributed by atoms with Crippen LogP contribution in [0.5, 0.6) is 0 Å². The summed E-state index contributed by atoms with van der Waals surface area (Å²) in [6.07, 6.45) is 0.507. The lowest BCUT2D eigenvalue weighted by atomic mass is 9.67. The number of carbonyl (C=O) groups is 1. The molecule has 0 aliphatic heterocycles. The third-order valence-corrected chi connectivity index (χ3v) is 4.18. The van der Waals surface area contributed by atoms with Crippen molar-refractivity contribution in [3.8, 4) is 0 Å². The summed E-state index contributed by atoms with van der Waals surface area (Å²) in [5.41, 5.74) is 0.0307. The summed E-state index contributed by atoms with van der Waals surface area (Å²) in [5, 5.41) is 11.4. The minimum absolute atomic E-state index is 0.0295. The molecule has 23 heavy (non-hydrogen) atoms. The van der Waals surface area contributed by atoms with Crippen LogP contribution in [0.25, 0.3) is 0 Å². The zero-order valence-electron chi connectivity index (χ0n) is 15.4. The third-order valence-electron chi connectivity index (χ3n) is 4.18. The number of carbonyl (C=O) groups excluding carboxylic acids is 1. The number of hydrogen-bond acceptors (Lipinski definition) is 5. The molecule has 0 heterocycles. The molecule has 0 rings (SSSR count). The van der Waals surface area contributed by atoms with Gasteiger partial charge < -0.3 is 24.6 Å². The minimum atomic E-state index is -0.0517. The quantitative estimate of drug-likeness (QED) is 0.501. The molecule has 6 heteroatoms. The molecule has 0 aromatic carbocycles. The summed E-state index contributed by atoms with van der Waals surface area (Å²) in [4.78, 5) is 11.9. The zero-order chi connectivity index (χ0) is 17.8. The Kier molecular flexibility index (Phi) is 11.4. The number of hydrogen-bond donors (Lipinski definition) is 2. The van der Waals surface area contributed by atoms with E-state index in [9.17, 15) is 4.79 Å². The minimum Gasteiger partial charge on any atom is -0.394 e. The summed E-state index contributed by atoms with van der Waals surface area (Å²) in [5.74, 6) is 0.0609. The summed E-state index contributed by atoms with van der Waals surface area (Å²) in [6.45, 7) is 14.0. The fourth-order valence-corrected chi connectivity index (χ4v) is 1.60. The van der Waals surface area contributed by atoms with Crippen molar-refractivity contribution in [2.45, 2.75) is 41.0 Å². The van der Waals surface area contributed by atoms with Crippen molar-refractivity contribution in [1.29, 1.82) is 0 Å². The highest BCUT2D eigenvalue weighted by atomic mass is 16.5. The molecule has 138 valence electrons. The van der Waals surface area contributed by atoms with Crippen LogP contribution in [-0.4, -0.2) is 63.8 Å². The maximum absolute atomic E-state index is 11.9. The molecule has 0 saturated carbocycles. The zero-order valence-corrected chi connectivity index (χ0v) is 15.4. The van der Waals surface area contributed by atoms with Gasteiger partial charge >= 0.3 is 0 Å². The average molecular weight is 333 g/mol. The van der Waals surface area contributed by atoms with Gasteiger partial charge in [-0.2, -0.15) is 0 Å². The van der Waals surface area contributed by atoms with E-state index in [0.717, 1.165) is 0 Å². The van der Waals surface area contributed by atoms with E-state index >= 15 is 0 Å². The van der Waals surface area contributed by atoms with E-state index in [-0.39, 0.29) is 23.3 Å². The Balaban J connectivity index is 3.50. The van der Waals surface area contributed by atoms with Gasteiger partial charge in [0.15, 0.2) is 0 Å². The van der Waals surface area contributed by atoms with Gasteiger partial charge in [0.2, 0.25) is 5.91 Å². The Labute approximate surface area is 140 Å². The molecule has 2 N–H and O–H groups in total. The van der Waals surface area contributed by atoms with Crippen LogP contribution in [0.2, 0.25) is 0 Å². The Hall–Kier alpha value is -0.690. The summed E-state index contributed by atoms with van der Waals surface area (Å²) in [6, 6.07) is 0. The van der Waals surface area contributed by atoms with Gasteiger partial charge in [-0.05, 0) is 10.8 Å². The first-order valence-corrected chi connectivity index (χ1v) is 8.31. The van der Waals surface area contributed by atoms with E-state index in [0.29, 0.717) is 52.6 Å². The predicted octanol–water partition coefficient (Wildman–Crippen LogP) is 1.61. The highest BCUT2D eigenvalue weighted by molar-refractivity contribution is 5.76. The normalized spacial score (nSPS) is 12.4. The molecular weight excluding hydrogens is 298 g/mol. The number of rotatable bonds is 13. The first-order chi connectivity index (χ1) is 10.7. The molecule has 0 spiro atoms. The summed E-state index contributed by atoms with van der Waals surface area (Å²) < 4.78 is 15.7. The van der Waals surface area contributed by atoms with Crippen LogP contribution in [0.4, 0.5) is 0 Å². The largest absolute Gasteiger partial charge is 0.394 e. The second-order valence-electron chi connectivity index (χ2n) is 7.22. The van der Waals surface area contributed by atoms with E-state index < -0.39 is 0 Å². The lowest BCUT2D eigenvalue weighted by Crippen LogP contribution is -2.37. The molecule has 0 aliphatic carbocycles. The van der Waals surface area contributed by atoms with Gasteiger partial charge in [0.05, 0.1) is 46.2 Å². The van der Waals surface area contributed by atoms with E-state index in [4.69, 9.17) is 19.3 Å². The van der Waals surface area contributed by atoms with Crippen molar-refractivity contribution in [3.05, 3.63) is 0 Å². The lowest BCUT2D eigenvalue weighted by Gasteiger charge is -2.38. The molecule has 0 atom stereocenters. The predicted molar refractivity (Wildman–Crippen MR) is 90.4 cm³/mol. The first-order valence-electron chi connectivity index (χ1n) is 8.31. The van der Waals surface area contributed by atoms with Gasteiger partial charge in [0, 0.05) is 13.0 Å². The van der Waals surface area contributed by atoms with Crippen LogP contribution in [-0.2, 0) is 19.0 Å². The van der Waals surface area contributed by atoms with E-state index in [1.165, 1.54) is 0 Å². The second-order valence-corrected chi connectivity index (χ2v) is 7.22. The number of amides is 1. The highest BCUT2D eigenvalue weighted by Crippen LogP contribution is 2.40. The third kappa shape index (κ3) is 11.5. The molecule has 0 aliphatic rings. The average Bonchev–Trinajstić information content (AvgIpc) is 2.43. The molecule has 1 amide bonds. The fraction of sp³-hybridized carbons (Fsp3) is 0.941. The van der Waals surface area contributed by atoms with Crippen molar-refractivity contribution >= 4 is 5.91 Å². The van der Waals surface area contributed by atoms with Crippen molar-refractivity contribution < 1.29 is 24.1 Å². The topological polar surface area (TPSA) is 77.0 Å². The SMILES string of the molecule is CC(C)(C)C(C)(C)CC(=O)NCCOCCOCCOCCO. The molecule has 0 unspecified atom stereocenters. The van der Waals surface area contributed by atoms with Crippen LogP contribution in [0.1, 0.15) is 41.0 Å². The Bertz CT molecular complexity index is 313. The fourth-order valence-electron chi connectivity index (χ4n) is 1.60. The molecule has 0 fully saturated rings. The van der Waals surface area contributed by atoms with Crippen molar-refractivity contribution in [2.24, 2.45) is 10.8 Å². The van der Waals surface area contributed by atoms with Crippen molar-refractivity contribution in [1.82, 2.24) is 5.32 Å². The van der Waals surface area contributed by atoms with Crippen LogP contribution in [0.3, 0.4) is 0 Å². The van der Waals surface area contributed by atoms with Crippen molar-refractivity contribution in [2.75, 3.05) is 52.8 Å². The molecule has 0 aromatic heterocycles. The number of aliphatic hydroxyl groups excluding tert-OH is 1. The van der Waals surface area contributed by atoms with Gasteiger partial charge in [0.25, 0.3) is 0 Å². The van der Waals surface area contributed by atoms with Crippen LogP contribution in [0, 0.1) is 10.8 Å². The van der Waals surface area contributed by atoms with Crippen LogP contribution >= 0.6 is 0 Å². The molecule has 0 saturated heterocycles. The molecule has 0 aromatic rings. The van der Waals surface area contributed by atoms with Gasteiger partial charge in [0.1, 0.15) is 0 Å². The molecule has 6 nitrogen and oxygen atoms in total. The first kappa shape index (κ1) is 22.3. The maximum Gasteiger partial charge on any atom is 0.220 e. The lowest BCUT2D eigenvalue weighted by molar-refractivity contribution is -0.124. The standard InChI is InChI=1S/C17H35NO5/c1-16(2,3)17(4,5)14-15(20)18-6-8-21-10-12-23-13-11-22-9-7-19/h19H,6-14H2,1-5H3,(H,18,20). The van der Waals surface area contributed by atoms with Gasteiger partial charge in [-0.15, -0.1) is 0 Å². The van der Waals surface area contributed by atoms with Gasteiger partial charge in [-0.25, -0.2) is 0 Å². The second kappa shape index (κ2) is 11.8. The Morgan fingerprint density at radius 3 is 1.83 bits per heavy atom.